The molecule has 2 aliphatic rings. The second kappa shape index (κ2) is 13.2. The van der Waals surface area contributed by atoms with Crippen molar-refractivity contribution in [2.24, 2.45) is 5.92 Å². The van der Waals surface area contributed by atoms with E-state index in [4.69, 9.17) is 21.1 Å². The van der Waals surface area contributed by atoms with E-state index >= 15 is 0 Å². The Labute approximate surface area is 275 Å². The first-order valence-electron chi connectivity index (χ1n) is 14.7. The normalized spacial score (nSPS) is 18.8. The van der Waals surface area contributed by atoms with E-state index in [0.29, 0.717) is 50.9 Å². The summed E-state index contributed by atoms with van der Waals surface area (Å²) in [4.78, 5) is 28.8. The summed E-state index contributed by atoms with van der Waals surface area (Å²) in [5.74, 6) is 0.639. The maximum Gasteiger partial charge on any atom is 0.301 e. The average Bonchev–Trinajstić information content (AvgIpc) is 3.71. The number of ketones is 1. The third-order valence-corrected chi connectivity index (χ3v) is 10.0. The molecule has 0 bridgehead atoms. The van der Waals surface area contributed by atoms with Crippen LogP contribution >= 0.6 is 34.7 Å². The minimum absolute atomic E-state index is 0.0168. The molecule has 232 valence electrons. The van der Waals surface area contributed by atoms with Gasteiger partial charge < -0.3 is 14.6 Å². The van der Waals surface area contributed by atoms with Crippen LogP contribution in [0.15, 0.2) is 76.6 Å². The van der Waals surface area contributed by atoms with Gasteiger partial charge in [-0.1, -0.05) is 72.8 Å². The quantitative estimate of drug-likeness (QED) is 0.0603. The summed E-state index contributed by atoms with van der Waals surface area (Å²) in [7, 11) is 0. The minimum atomic E-state index is -0.941. The minimum Gasteiger partial charge on any atom is -0.507 e. The summed E-state index contributed by atoms with van der Waals surface area (Å²) < 4.78 is 12.5. The second-order valence-electron chi connectivity index (χ2n) is 11.5. The molecule has 2 aliphatic heterocycles. The molecule has 1 aromatic heterocycles. The highest BCUT2D eigenvalue weighted by atomic mass is 35.5. The van der Waals surface area contributed by atoms with E-state index in [2.05, 4.69) is 24.0 Å². The molecule has 1 fully saturated rings. The number of halogens is 1. The van der Waals surface area contributed by atoms with Crippen LogP contribution in [0.25, 0.3) is 5.76 Å². The number of amides is 1. The molecule has 1 saturated heterocycles. The van der Waals surface area contributed by atoms with Crippen LogP contribution in [-0.4, -0.2) is 39.7 Å². The summed E-state index contributed by atoms with van der Waals surface area (Å²) >= 11 is 8.71. The molecule has 2 atom stereocenters. The SMILES string of the molecule is CC(C)CCOc1cccc(C2/C(=C(\O)c3ccc4c(c3)CC(C)O4)C(=O)C(=O)N2c2nnc(SCc3ccc(Cl)cc3)s2)c1. The lowest BCUT2D eigenvalue weighted by atomic mass is 9.94. The van der Waals surface area contributed by atoms with Gasteiger partial charge in [-0.3, -0.25) is 14.5 Å². The molecule has 1 amide bonds. The van der Waals surface area contributed by atoms with Crippen molar-refractivity contribution in [3.63, 3.8) is 0 Å². The van der Waals surface area contributed by atoms with Gasteiger partial charge in [-0.2, -0.15) is 0 Å². The Morgan fingerprint density at radius 2 is 1.93 bits per heavy atom. The Morgan fingerprint density at radius 1 is 1.13 bits per heavy atom. The number of ether oxygens (including phenoxy) is 2. The molecule has 1 N–H and O–H groups in total. The number of fused-ring (bicyclic) bond motifs is 1. The molecule has 0 spiro atoms. The van der Waals surface area contributed by atoms with E-state index in [9.17, 15) is 14.7 Å². The van der Waals surface area contributed by atoms with Crippen LogP contribution in [0.2, 0.25) is 5.02 Å². The zero-order valence-corrected chi connectivity index (χ0v) is 27.4. The number of Topliss-reactive ketones (excluding diaryl/α,β-unsaturated/α-hetero) is 1. The molecule has 0 saturated carbocycles. The largest absolute Gasteiger partial charge is 0.507 e. The van der Waals surface area contributed by atoms with Gasteiger partial charge in [0.15, 0.2) is 4.34 Å². The summed E-state index contributed by atoms with van der Waals surface area (Å²) in [6.45, 7) is 6.76. The number of aliphatic hydroxyl groups is 1. The Kier molecular flexibility index (Phi) is 9.16. The number of anilines is 1. The van der Waals surface area contributed by atoms with Gasteiger partial charge in [0, 0.05) is 22.8 Å². The van der Waals surface area contributed by atoms with Crippen LogP contribution in [0, 0.1) is 5.92 Å². The summed E-state index contributed by atoms with van der Waals surface area (Å²) in [6.07, 6.45) is 1.58. The first-order chi connectivity index (χ1) is 21.7. The number of aliphatic hydroxyl groups excluding tert-OH is 1. The number of carbonyl (C=O) groups is 2. The Morgan fingerprint density at radius 3 is 2.71 bits per heavy atom. The third kappa shape index (κ3) is 6.73. The van der Waals surface area contributed by atoms with E-state index in [0.717, 1.165) is 23.3 Å². The van der Waals surface area contributed by atoms with E-state index in [1.807, 2.05) is 61.5 Å². The van der Waals surface area contributed by atoms with Gasteiger partial charge in [0.05, 0.1) is 18.2 Å². The fourth-order valence-corrected chi connectivity index (χ4v) is 7.29. The van der Waals surface area contributed by atoms with E-state index in [-0.39, 0.29) is 22.6 Å². The average molecular weight is 662 g/mol. The Hall–Kier alpha value is -3.86. The van der Waals surface area contributed by atoms with Crippen molar-refractivity contribution in [2.75, 3.05) is 11.5 Å². The first kappa shape index (κ1) is 31.1. The van der Waals surface area contributed by atoms with E-state index in [1.54, 1.807) is 12.1 Å². The highest BCUT2D eigenvalue weighted by Crippen LogP contribution is 2.45. The third-order valence-electron chi connectivity index (χ3n) is 7.63. The van der Waals surface area contributed by atoms with Crippen molar-refractivity contribution >= 4 is 57.3 Å². The zero-order valence-electron chi connectivity index (χ0n) is 25.0. The van der Waals surface area contributed by atoms with Crippen molar-refractivity contribution in [3.05, 3.63) is 99.6 Å². The molecular formula is C34H32ClN3O5S2. The maximum absolute atomic E-state index is 13.7. The lowest BCUT2D eigenvalue weighted by Crippen LogP contribution is -2.29. The van der Waals surface area contributed by atoms with Gasteiger partial charge in [0.25, 0.3) is 5.78 Å². The number of thioether (sulfide) groups is 1. The van der Waals surface area contributed by atoms with Gasteiger partial charge in [0.2, 0.25) is 5.13 Å². The monoisotopic (exact) mass is 661 g/mol. The van der Waals surface area contributed by atoms with Gasteiger partial charge in [-0.25, -0.2) is 0 Å². The number of hydrogen-bond donors (Lipinski definition) is 1. The Balaban J connectivity index is 1.37. The van der Waals surface area contributed by atoms with Crippen LogP contribution in [0.3, 0.4) is 0 Å². The lowest BCUT2D eigenvalue weighted by molar-refractivity contribution is -0.132. The second-order valence-corrected chi connectivity index (χ2v) is 14.1. The highest BCUT2D eigenvalue weighted by molar-refractivity contribution is 8.00. The number of benzene rings is 3. The first-order valence-corrected chi connectivity index (χ1v) is 16.9. The van der Waals surface area contributed by atoms with Crippen molar-refractivity contribution in [1.29, 1.82) is 0 Å². The molecule has 0 radical (unpaired) electrons. The predicted octanol–water partition coefficient (Wildman–Crippen LogP) is 7.86. The number of aromatic nitrogens is 2. The lowest BCUT2D eigenvalue weighted by Gasteiger charge is -2.23. The molecule has 2 unspecified atom stereocenters. The summed E-state index contributed by atoms with van der Waals surface area (Å²) in [5, 5.41) is 21.2. The van der Waals surface area contributed by atoms with Crippen LogP contribution < -0.4 is 14.4 Å². The van der Waals surface area contributed by atoms with E-state index in [1.165, 1.54) is 28.0 Å². The number of hydrogen-bond acceptors (Lipinski definition) is 9. The van der Waals surface area contributed by atoms with Crippen molar-refractivity contribution in [2.45, 2.75) is 55.9 Å². The molecule has 11 heteroatoms. The topological polar surface area (TPSA) is 102 Å². The zero-order chi connectivity index (χ0) is 31.7. The highest BCUT2D eigenvalue weighted by Gasteiger charge is 2.48. The molecular weight excluding hydrogens is 630 g/mol. The van der Waals surface area contributed by atoms with Crippen molar-refractivity contribution < 1.29 is 24.2 Å². The Bertz CT molecular complexity index is 1770. The van der Waals surface area contributed by atoms with Gasteiger partial charge >= 0.3 is 5.91 Å². The number of carbonyl (C=O) groups excluding carboxylic acids is 2. The van der Waals surface area contributed by atoms with Gasteiger partial charge in [-0.15, -0.1) is 10.2 Å². The maximum atomic E-state index is 13.7. The molecule has 3 aromatic carbocycles. The molecule has 0 aliphatic carbocycles. The van der Waals surface area contributed by atoms with Crippen LogP contribution in [-0.2, 0) is 21.8 Å². The van der Waals surface area contributed by atoms with Crippen LogP contribution in [0.4, 0.5) is 5.13 Å². The van der Waals surface area contributed by atoms with Crippen molar-refractivity contribution in [1.82, 2.24) is 10.2 Å². The standard InChI is InChI=1S/C34H32ClN3O5S2/c1-19(2)13-14-42-26-6-4-5-22(17-26)29-28(30(39)23-9-12-27-24(16-23)15-20(3)43-27)31(40)32(41)38(29)33-36-37-34(45-33)44-18-21-7-10-25(35)11-8-21/h4-12,16-17,19-20,29,39H,13-15,18H2,1-3H3/b30-28+. The van der Waals surface area contributed by atoms with Crippen LogP contribution in [0.5, 0.6) is 11.5 Å². The fourth-order valence-electron chi connectivity index (χ4n) is 5.34. The number of rotatable bonds is 10. The molecule has 3 heterocycles. The predicted molar refractivity (Wildman–Crippen MR) is 177 cm³/mol. The van der Waals surface area contributed by atoms with Gasteiger partial charge in [-0.05, 0) is 78.4 Å². The van der Waals surface area contributed by atoms with Gasteiger partial charge in [0.1, 0.15) is 23.4 Å². The molecule has 8 nitrogen and oxygen atoms in total. The fraction of sp³-hybridized carbons (Fsp3) is 0.294. The molecule has 45 heavy (non-hydrogen) atoms. The van der Waals surface area contributed by atoms with E-state index < -0.39 is 17.7 Å². The van der Waals surface area contributed by atoms with Crippen molar-refractivity contribution in [3.8, 4) is 11.5 Å². The summed E-state index contributed by atoms with van der Waals surface area (Å²) in [5.41, 5.74) is 3.03. The number of nitrogens with zero attached hydrogens (tertiary/aromatic N) is 3. The smallest absolute Gasteiger partial charge is 0.301 e. The summed E-state index contributed by atoms with van der Waals surface area (Å²) in [6, 6.07) is 19.2. The molecule has 4 aromatic rings. The van der Waals surface area contributed by atoms with Crippen LogP contribution in [0.1, 0.15) is 55.5 Å². The molecule has 6 rings (SSSR count).